The molecule has 11 heteroatoms. The number of nitrogens with zero attached hydrogens (tertiary/aromatic N) is 4. The molecular weight excluding hydrogens is 468 g/mol. The number of aromatic nitrogens is 4. The molecule has 35 heavy (non-hydrogen) atoms. The number of hydrogen-bond donors (Lipinski definition) is 2. The van der Waals surface area contributed by atoms with E-state index >= 15 is 0 Å². The average molecular weight is 508 g/mol. The summed E-state index contributed by atoms with van der Waals surface area (Å²) in [6.07, 6.45) is 2.69. The highest BCUT2D eigenvalue weighted by molar-refractivity contribution is 7.89. The Morgan fingerprint density at radius 1 is 1.37 bits per heavy atom. The Labute approximate surface area is 212 Å². The van der Waals surface area contributed by atoms with Crippen LogP contribution in [0.3, 0.4) is 0 Å². The maximum atomic E-state index is 13.3. The third-order valence-electron chi connectivity index (χ3n) is 6.12. The minimum atomic E-state index is -4.33. The van der Waals surface area contributed by atoms with E-state index in [1.807, 2.05) is 18.9 Å². The Morgan fingerprint density at radius 3 is 2.89 bits per heavy atom. The SMILES string of the molecule is [2H]C([2H])(CC1CCCN1C)NS(=O)(=O)c1ccc(OCC)c(-c2nc3c(CCC)nn(C([2H])([2H])[2H])c3c(=O)[nH]2)c1. The Kier molecular flexibility index (Phi) is 5.81. The van der Waals surface area contributed by atoms with Gasteiger partial charge in [-0.25, -0.2) is 18.1 Å². The molecule has 10 nitrogen and oxygen atoms in total. The smallest absolute Gasteiger partial charge is 0.277 e. The number of benzene rings is 1. The first-order valence-electron chi connectivity index (χ1n) is 14.2. The summed E-state index contributed by atoms with van der Waals surface area (Å²) in [7, 11) is -2.45. The van der Waals surface area contributed by atoms with Gasteiger partial charge in [-0.15, -0.1) is 0 Å². The zero-order valence-corrected chi connectivity index (χ0v) is 20.9. The monoisotopic (exact) mass is 507 g/mol. The standard InChI is InChI=1S/C24H34N6O4S/c1-5-8-19-21-22(30(4)28-19)24(31)27-23(26-21)18-15-17(10-11-20(18)34-6-2)35(32,33)25-13-12-16-9-7-14-29(16)3/h10-11,15-16,25H,5-9,12-14H2,1-4H3,(H,26,27,31)/i4D3,13D2. The van der Waals surface area contributed by atoms with Crippen molar-refractivity contribution in [3.05, 3.63) is 34.2 Å². The summed E-state index contributed by atoms with van der Waals surface area (Å²) in [5.74, 6) is 0.204. The van der Waals surface area contributed by atoms with Gasteiger partial charge in [0.1, 0.15) is 17.1 Å². The number of ether oxygens (including phenoxy) is 1. The molecule has 0 amide bonds. The van der Waals surface area contributed by atoms with Crippen molar-refractivity contribution < 1.29 is 20.0 Å². The minimum absolute atomic E-state index is 0.00809. The van der Waals surface area contributed by atoms with Gasteiger partial charge in [-0.05, 0) is 64.4 Å². The fourth-order valence-electron chi connectivity index (χ4n) is 4.31. The molecule has 0 saturated carbocycles. The van der Waals surface area contributed by atoms with Crippen LogP contribution in [0.2, 0.25) is 0 Å². The van der Waals surface area contributed by atoms with Gasteiger partial charge in [0.15, 0.2) is 5.52 Å². The highest BCUT2D eigenvalue weighted by Gasteiger charge is 2.23. The van der Waals surface area contributed by atoms with E-state index in [0.717, 1.165) is 19.4 Å². The van der Waals surface area contributed by atoms with E-state index in [1.54, 1.807) is 6.92 Å². The molecular formula is C24H34N6O4S. The Morgan fingerprint density at radius 2 is 2.20 bits per heavy atom. The second-order valence-corrected chi connectivity index (χ2v) is 10.3. The molecule has 1 aliphatic rings. The van der Waals surface area contributed by atoms with Crippen molar-refractivity contribution >= 4 is 21.1 Å². The lowest BCUT2D eigenvalue weighted by molar-refractivity contribution is 0.297. The molecule has 0 radical (unpaired) electrons. The van der Waals surface area contributed by atoms with E-state index in [1.165, 1.54) is 18.2 Å². The van der Waals surface area contributed by atoms with Crippen LogP contribution >= 0.6 is 0 Å². The van der Waals surface area contributed by atoms with Gasteiger partial charge in [0.2, 0.25) is 10.0 Å². The third-order valence-corrected chi connectivity index (χ3v) is 7.41. The molecule has 3 aromatic rings. The van der Waals surface area contributed by atoms with E-state index in [-0.39, 0.29) is 52.1 Å². The van der Waals surface area contributed by atoms with Crippen molar-refractivity contribution in [3.63, 3.8) is 0 Å². The molecule has 0 bridgehead atoms. The van der Waals surface area contributed by atoms with Crippen LogP contribution in [0.15, 0.2) is 27.9 Å². The first-order valence-corrected chi connectivity index (χ1v) is 13.2. The maximum absolute atomic E-state index is 13.3. The predicted octanol–water partition coefficient (Wildman–Crippen LogP) is 2.44. The number of H-pyrrole nitrogens is 1. The number of aromatic amines is 1. The normalized spacial score (nSPS) is 19.7. The lowest BCUT2D eigenvalue weighted by Gasteiger charge is -2.19. The van der Waals surface area contributed by atoms with Gasteiger partial charge >= 0.3 is 0 Å². The van der Waals surface area contributed by atoms with Gasteiger partial charge in [0, 0.05) is 26.4 Å². The van der Waals surface area contributed by atoms with Crippen LogP contribution < -0.4 is 15.0 Å². The molecule has 1 aromatic carbocycles. The topological polar surface area (TPSA) is 122 Å². The first-order chi connectivity index (χ1) is 18.7. The van der Waals surface area contributed by atoms with E-state index in [0.29, 0.717) is 23.2 Å². The molecule has 1 aliphatic heterocycles. The Bertz CT molecular complexity index is 1550. The number of aryl methyl sites for hydroxylation is 2. The molecule has 4 rings (SSSR count). The second-order valence-electron chi connectivity index (χ2n) is 8.57. The van der Waals surface area contributed by atoms with Crippen LogP contribution in [0.1, 0.15) is 52.1 Å². The van der Waals surface area contributed by atoms with Crippen LogP contribution in [-0.4, -0.2) is 65.8 Å². The summed E-state index contributed by atoms with van der Waals surface area (Å²) in [6, 6.07) is 3.88. The zero-order chi connectivity index (χ0) is 29.5. The van der Waals surface area contributed by atoms with Gasteiger partial charge < -0.3 is 14.6 Å². The zero-order valence-electron chi connectivity index (χ0n) is 25.1. The molecule has 3 heterocycles. The van der Waals surface area contributed by atoms with Crippen LogP contribution in [-0.2, 0) is 23.4 Å². The van der Waals surface area contributed by atoms with E-state index < -0.39 is 29.1 Å². The number of hydrogen-bond acceptors (Lipinski definition) is 7. The first kappa shape index (κ1) is 19.4. The Balaban J connectivity index is 1.79. The van der Waals surface area contributed by atoms with Crippen LogP contribution in [0.5, 0.6) is 5.75 Å². The van der Waals surface area contributed by atoms with E-state index in [2.05, 4.69) is 19.8 Å². The molecule has 2 aromatic heterocycles. The molecule has 1 unspecified atom stereocenters. The van der Waals surface area contributed by atoms with Crippen molar-refractivity contribution in [2.45, 2.75) is 56.9 Å². The summed E-state index contributed by atoms with van der Waals surface area (Å²) in [5.41, 5.74) is -0.390. The number of likely N-dealkylation sites (tertiary alicyclic amines) is 1. The van der Waals surface area contributed by atoms with Crippen molar-refractivity contribution in [2.75, 3.05) is 26.7 Å². The molecule has 0 aliphatic carbocycles. The molecule has 2 N–H and O–H groups in total. The van der Waals surface area contributed by atoms with Crippen molar-refractivity contribution in [2.24, 2.45) is 6.98 Å². The quantitative estimate of drug-likeness (QED) is 0.432. The fourth-order valence-corrected chi connectivity index (χ4v) is 5.22. The van der Waals surface area contributed by atoms with Crippen LogP contribution in [0.4, 0.5) is 0 Å². The summed E-state index contributed by atoms with van der Waals surface area (Å²) in [5, 5.41) is 4.14. The van der Waals surface area contributed by atoms with E-state index in [4.69, 9.17) is 11.6 Å². The van der Waals surface area contributed by atoms with Crippen LogP contribution in [0, 0.1) is 0 Å². The Hall–Kier alpha value is -2.76. The molecule has 1 atom stereocenters. The number of rotatable bonds is 10. The summed E-state index contributed by atoms with van der Waals surface area (Å²) in [6.45, 7) is -0.222. The maximum Gasteiger partial charge on any atom is 0.277 e. The predicted molar refractivity (Wildman–Crippen MR) is 135 cm³/mol. The summed E-state index contributed by atoms with van der Waals surface area (Å²) >= 11 is 0. The lowest BCUT2D eigenvalue weighted by Crippen LogP contribution is -2.31. The fraction of sp³-hybridized carbons (Fsp3) is 0.542. The summed E-state index contributed by atoms with van der Waals surface area (Å²) < 4.78 is 75.2. The van der Waals surface area contributed by atoms with Crippen molar-refractivity contribution in [1.29, 1.82) is 0 Å². The number of sulfonamides is 1. The molecule has 1 saturated heterocycles. The molecule has 1 fully saturated rings. The lowest BCUT2D eigenvalue weighted by atomic mass is 10.1. The summed E-state index contributed by atoms with van der Waals surface area (Å²) in [4.78, 5) is 22.0. The largest absolute Gasteiger partial charge is 0.493 e. The highest BCUT2D eigenvalue weighted by atomic mass is 32.2. The van der Waals surface area contributed by atoms with E-state index in [9.17, 15) is 13.2 Å². The molecule has 0 spiro atoms. The molecule has 190 valence electrons. The van der Waals surface area contributed by atoms with Gasteiger partial charge in [-0.2, -0.15) is 5.10 Å². The number of fused-ring (bicyclic) bond motifs is 1. The number of nitrogens with one attached hydrogen (secondary N) is 2. The average Bonchev–Trinajstić information content (AvgIpc) is 3.42. The van der Waals surface area contributed by atoms with Gasteiger partial charge in [-0.1, -0.05) is 13.3 Å². The van der Waals surface area contributed by atoms with Crippen LogP contribution in [0.25, 0.3) is 22.4 Å². The van der Waals surface area contributed by atoms with Gasteiger partial charge in [0.05, 0.1) is 22.8 Å². The second kappa shape index (κ2) is 10.5. The highest BCUT2D eigenvalue weighted by Crippen LogP contribution is 2.31. The van der Waals surface area contributed by atoms with Gasteiger partial charge in [-0.3, -0.25) is 9.48 Å². The van der Waals surface area contributed by atoms with Gasteiger partial charge in [0.25, 0.3) is 5.56 Å². The third kappa shape index (κ3) is 5.26. The minimum Gasteiger partial charge on any atom is -0.493 e. The van der Waals surface area contributed by atoms with Crippen molar-refractivity contribution in [3.8, 4) is 17.1 Å². The van der Waals surface area contributed by atoms with Crippen molar-refractivity contribution in [1.82, 2.24) is 29.4 Å².